The van der Waals surface area contributed by atoms with Crippen molar-refractivity contribution in [1.82, 2.24) is 9.20 Å². The zero-order valence-corrected chi connectivity index (χ0v) is 18.7. The number of benzene rings is 1. The van der Waals surface area contributed by atoms with Gasteiger partial charge in [-0.05, 0) is 65.3 Å². The third-order valence-electron chi connectivity index (χ3n) is 4.76. The zero-order chi connectivity index (χ0) is 20.9. The first-order chi connectivity index (χ1) is 13.7. The van der Waals surface area contributed by atoms with Gasteiger partial charge < -0.3 is 10.4 Å². The van der Waals surface area contributed by atoms with Gasteiger partial charge >= 0.3 is 0 Å². The fourth-order valence-corrected chi connectivity index (χ4v) is 5.12. The Kier molecular flexibility index (Phi) is 4.93. The summed E-state index contributed by atoms with van der Waals surface area (Å²) in [4.78, 5) is 13.3. The number of aryl methyl sites for hydroxylation is 1. The molecule has 0 atom stereocenters. The second-order valence-corrected chi connectivity index (χ2v) is 10.1. The molecule has 8 nitrogen and oxygen atoms in total. The van der Waals surface area contributed by atoms with Crippen molar-refractivity contribution in [2.75, 3.05) is 5.32 Å². The van der Waals surface area contributed by atoms with Gasteiger partial charge in [-0.25, -0.2) is 4.68 Å². The van der Waals surface area contributed by atoms with Crippen LogP contribution in [0.4, 0.5) is 5.69 Å². The van der Waals surface area contributed by atoms with E-state index in [1.807, 2.05) is 22.6 Å². The van der Waals surface area contributed by atoms with Crippen molar-refractivity contribution in [2.45, 2.75) is 31.7 Å². The highest BCUT2D eigenvalue weighted by molar-refractivity contribution is 14.1. The minimum atomic E-state index is -4.02. The number of halogens is 1. The predicted octanol–water partition coefficient (Wildman–Crippen LogP) is 3.02. The summed E-state index contributed by atoms with van der Waals surface area (Å²) in [5, 5.41) is 13.7. The highest BCUT2D eigenvalue weighted by Crippen LogP contribution is 2.32. The Balaban J connectivity index is 1.94. The van der Waals surface area contributed by atoms with Gasteiger partial charge in [0.1, 0.15) is 16.0 Å². The van der Waals surface area contributed by atoms with Crippen LogP contribution in [0.1, 0.15) is 25.8 Å². The molecule has 3 aromatic rings. The number of nitrogens with zero attached hydrogens (tertiary/aromatic N) is 3. The van der Waals surface area contributed by atoms with Gasteiger partial charge in [-0.1, -0.05) is 13.8 Å². The van der Waals surface area contributed by atoms with Gasteiger partial charge in [0.15, 0.2) is 11.6 Å². The summed E-state index contributed by atoms with van der Waals surface area (Å²) >= 11 is 2.02. The highest BCUT2D eigenvalue weighted by Gasteiger charge is 2.30. The van der Waals surface area contributed by atoms with Crippen molar-refractivity contribution in [3.8, 4) is 5.75 Å². The zero-order valence-electron chi connectivity index (χ0n) is 15.8. The maximum absolute atomic E-state index is 13.3. The van der Waals surface area contributed by atoms with Crippen LogP contribution in [0.5, 0.6) is 5.75 Å². The summed E-state index contributed by atoms with van der Waals surface area (Å²) in [5.41, 5.74) is 0.0480. The summed E-state index contributed by atoms with van der Waals surface area (Å²) in [5.74, 6) is -0.121. The van der Waals surface area contributed by atoms with Gasteiger partial charge in [0.2, 0.25) is 0 Å². The van der Waals surface area contributed by atoms with Crippen LogP contribution in [-0.4, -0.2) is 28.6 Å². The molecule has 1 aliphatic rings. The lowest BCUT2D eigenvalue weighted by molar-refractivity contribution is 0.437. The molecule has 0 fully saturated rings. The number of aromatic nitrogens is 2. The average molecular weight is 526 g/mol. The standard InChI is InChI=1S/C19H19IN4O4S/c1-11(2)7-9-24-19(26)16(17(25)14-4-3-8-23(14)24)18-21-13-6-5-12(20)10-15(13)29(27,28)22-18/h3-6,8,10-11,25H,7,9H2,1-2H3,(H,21,22). The maximum Gasteiger partial charge on any atom is 0.286 e. The second-order valence-electron chi connectivity index (χ2n) is 7.25. The number of hydrogen-bond acceptors (Lipinski definition) is 5. The summed E-state index contributed by atoms with van der Waals surface area (Å²) in [6.07, 6.45) is 2.43. The van der Waals surface area contributed by atoms with Crippen LogP contribution in [0.25, 0.3) is 5.52 Å². The lowest BCUT2D eigenvalue weighted by Crippen LogP contribution is -2.35. The molecule has 29 heavy (non-hydrogen) atoms. The number of nitrogens with one attached hydrogen (secondary N) is 1. The Morgan fingerprint density at radius 3 is 2.76 bits per heavy atom. The molecule has 0 bridgehead atoms. The topological polar surface area (TPSA) is 105 Å². The Morgan fingerprint density at radius 2 is 2.03 bits per heavy atom. The molecule has 0 amide bonds. The summed E-state index contributed by atoms with van der Waals surface area (Å²) in [6, 6.07) is 8.26. The Labute approximate surface area is 181 Å². The van der Waals surface area contributed by atoms with Crippen LogP contribution in [0.3, 0.4) is 0 Å². The van der Waals surface area contributed by atoms with E-state index in [1.165, 1.54) is 10.7 Å². The van der Waals surface area contributed by atoms with Crippen molar-refractivity contribution in [3.63, 3.8) is 0 Å². The van der Waals surface area contributed by atoms with Crippen LogP contribution in [0, 0.1) is 9.49 Å². The van der Waals surface area contributed by atoms with Crippen LogP contribution >= 0.6 is 22.6 Å². The molecule has 152 valence electrons. The van der Waals surface area contributed by atoms with E-state index in [1.54, 1.807) is 35.0 Å². The third-order valence-corrected chi connectivity index (χ3v) is 6.74. The van der Waals surface area contributed by atoms with Gasteiger partial charge in [-0.15, -0.1) is 4.40 Å². The SMILES string of the molecule is CC(C)CCn1c(=O)c(C2=NS(=O)(=O)c3cc(I)ccc3N2)c(O)c2cccn21. The molecule has 2 N–H and O–H groups in total. The summed E-state index contributed by atoms with van der Waals surface area (Å²) in [7, 11) is -4.02. The first-order valence-corrected chi connectivity index (χ1v) is 11.6. The Hall–Kier alpha value is -2.34. The number of aromatic hydroxyl groups is 1. The minimum Gasteiger partial charge on any atom is -0.505 e. The van der Waals surface area contributed by atoms with Gasteiger partial charge in [0.25, 0.3) is 15.6 Å². The average Bonchev–Trinajstić information content (AvgIpc) is 3.11. The summed E-state index contributed by atoms with van der Waals surface area (Å²) < 4.78 is 33.1. The van der Waals surface area contributed by atoms with Gasteiger partial charge in [0.05, 0.1) is 5.69 Å². The van der Waals surface area contributed by atoms with E-state index in [9.17, 15) is 18.3 Å². The molecule has 1 aliphatic heterocycles. The number of fused-ring (bicyclic) bond motifs is 2. The second kappa shape index (κ2) is 7.17. The summed E-state index contributed by atoms with van der Waals surface area (Å²) in [6.45, 7) is 4.53. The molecular formula is C19H19IN4O4S. The van der Waals surface area contributed by atoms with Crippen molar-refractivity contribution in [3.05, 3.63) is 56.0 Å². The normalized spacial score (nSPS) is 15.2. The first kappa shape index (κ1) is 20.0. The molecule has 2 aromatic heterocycles. The number of amidine groups is 1. The van der Waals surface area contributed by atoms with E-state index < -0.39 is 15.6 Å². The molecular weight excluding hydrogens is 507 g/mol. The lowest BCUT2D eigenvalue weighted by Gasteiger charge is -2.20. The van der Waals surface area contributed by atoms with Crippen molar-refractivity contribution in [2.24, 2.45) is 10.3 Å². The van der Waals surface area contributed by atoms with E-state index in [0.717, 1.165) is 9.99 Å². The van der Waals surface area contributed by atoms with Crippen molar-refractivity contribution < 1.29 is 13.5 Å². The minimum absolute atomic E-state index is 0.0385. The van der Waals surface area contributed by atoms with Gasteiger partial charge in [-0.2, -0.15) is 8.42 Å². The number of sulfonamides is 1. The number of anilines is 1. The predicted molar refractivity (Wildman–Crippen MR) is 119 cm³/mol. The van der Waals surface area contributed by atoms with Crippen molar-refractivity contribution >= 4 is 49.7 Å². The molecule has 0 saturated heterocycles. The van der Waals surface area contributed by atoms with E-state index in [0.29, 0.717) is 23.7 Å². The van der Waals surface area contributed by atoms with Crippen LogP contribution < -0.4 is 10.9 Å². The van der Waals surface area contributed by atoms with Gasteiger partial charge in [0, 0.05) is 16.3 Å². The molecule has 0 unspecified atom stereocenters. The largest absolute Gasteiger partial charge is 0.505 e. The Bertz CT molecular complexity index is 1320. The van der Waals surface area contributed by atoms with Crippen molar-refractivity contribution in [1.29, 1.82) is 0 Å². The van der Waals surface area contributed by atoms with E-state index in [2.05, 4.69) is 23.6 Å². The number of hydrogen-bond donors (Lipinski definition) is 2. The van der Waals surface area contributed by atoms with Crippen LogP contribution in [0.2, 0.25) is 0 Å². The molecule has 0 radical (unpaired) electrons. The van der Waals surface area contributed by atoms with E-state index >= 15 is 0 Å². The van der Waals surface area contributed by atoms with Crippen LogP contribution in [0.15, 0.2) is 50.6 Å². The van der Waals surface area contributed by atoms with E-state index in [-0.39, 0.29) is 22.0 Å². The molecule has 0 saturated carbocycles. The first-order valence-electron chi connectivity index (χ1n) is 9.04. The molecule has 10 heteroatoms. The molecule has 4 rings (SSSR count). The smallest absolute Gasteiger partial charge is 0.286 e. The highest BCUT2D eigenvalue weighted by atomic mass is 127. The molecule has 0 spiro atoms. The van der Waals surface area contributed by atoms with Gasteiger partial charge in [-0.3, -0.25) is 9.31 Å². The third kappa shape index (κ3) is 3.44. The Morgan fingerprint density at radius 1 is 1.28 bits per heavy atom. The fraction of sp³-hybridized carbons (Fsp3) is 0.263. The van der Waals surface area contributed by atoms with Crippen LogP contribution in [-0.2, 0) is 16.6 Å². The lowest BCUT2D eigenvalue weighted by atomic mass is 10.1. The quantitative estimate of drug-likeness (QED) is 0.509. The van der Waals surface area contributed by atoms with E-state index in [4.69, 9.17) is 0 Å². The molecule has 1 aromatic carbocycles. The monoisotopic (exact) mass is 526 g/mol. The fourth-order valence-electron chi connectivity index (χ4n) is 3.27. The maximum atomic E-state index is 13.3. The molecule has 0 aliphatic carbocycles. The molecule has 3 heterocycles. The number of rotatable bonds is 4.